The van der Waals surface area contributed by atoms with E-state index in [0.717, 1.165) is 38.4 Å². The van der Waals surface area contributed by atoms with Crippen LogP contribution < -0.4 is 10.2 Å². The van der Waals surface area contributed by atoms with Crippen molar-refractivity contribution in [2.24, 2.45) is 5.92 Å². The number of nitrogens with one attached hydrogen (secondary N) is 1. The van der Waals surface area contributed by atoms with Gasteiger partial charge in [0.2, 0.25) is 0 Å². The lowest BCUT2D eigenvalue weighted by molar-refractivity contribution is -0.385. The van der Waals surface area contributed by atoms with Crippen molar-refractivity contribution in [3.8, 4) is 0 Å². The first-order valence-corrected chi connectivity index (χ1v) is 7.19. The van der Waals surface area contributed by atoms with Crippen LogP contribution >= 0.6 is 11.6 Å². The summed E-state index contributed by atoms with van der Waals surface area (Å²) in [6, 6.07) is 1.37. The first-order chi connectivity index (χ1) is 9.61. The number of aromatic nitrogens is 1. The number of hydrogen-bond acceptors (Lipinski definition) is 5. The number of nitrogens with zero attached hydrogens (tertiary/aromatic N) is 3. The Morgan fingerprint density at radius 1 is 1.55 bits per heavy atom. The van der Waals surface area contributed by atoms with E-state index >= 15 is 0 Å². The third-order valence-electron chi connectivity index (χ3n) is 3.73. The van der Waals surface area contributed by atoms with Gasteiger partial charge in [0.1, 0.15) is 12.0 Å². The maximum absolute atomic E-state index is 10.7. The third kappa shape index (κ3) is 3.58. The second-order valence-electron chi connectivity index (χ2n) is 5.08. The van der Waals surface area contributed by atoms with Gasteiger partial charge in [-0.05, 0) is 38.8 Å². The van der Waals surface area contributed by atoms with Gasteiger partial charge in [0, 0.05) is 19.2 Å². The van der Waals surface area contributed by atoms with E-state index in [1.807, 2.05) is 7.05 Å². The Morgan fingerprint density at radius 3 is 2.80 bits per heavy atom. The van der Waals surface area contributed by atoms with Crippen molar-refractivity contribution in [2.45, 2.75) is 19.3 Å². The fraction of sp³-hybridized carbons (Fsp3) is 0.615. The average Bonchev–Trinajstić information content (AvgIpc) is 2.45. The smallest absolute Gasteiger partial charge is 0.289 e. The van der Waals surface area contributed by atoms with Crippen LogP contribution in [0.1, 0.15) is 19.3 Å². The van der Waals surface area contributed by atoms with Crippen LogP contribution in [0.5, 0.6) is 0 Å². The van der Waals surface area contributed by atoms with E-state index in [0.29, 0.717) is 10.8 Å². The molecule has 0 aromatic carbocycles. The Morgan fingerprint density at radius 2 is 2.25 bits per heavy atom. The SMILES string of the molecule is CNCCC1CCN(c2ncc([N+](=O)[O-])cc2Cl)CC1. The molecule has 0 radical (unpaired) electrons. The highest BCUT2D eigenvalue weighted by Crippen LogP contribution is 2.30. The highest BCUT2D eigenvalue weighted by molar-refractivity contribution is 6.33. The normalized spacial score (nSPS) is 16.4. The summed E-state index contributed by atoms with van der Waals surface area (Å²) in [6.07, 6.45) is 4.67. The number of anilines is 1. The summed E-state index contributed by atoms with van der Waals surface area (Å²) in [4.78, 5) is 16.5. The Bertz CT molecular complexity index is 475. The quantitative estimate of drug-likeness (QED) is 0.668. The van der Waals surface area contributed by atoms with Gasteiger partial charge in [0.15, 0.2) is 0 Å². The number of nitro groups is 1. The van der Waals surface area contributed by atoms with Crippen molar-refractivity contribution in [3.63, 3.8) is 0 Å². The summed E-state index contributed by atoms with van der Waals surface area (Å²) in [5.74, 6) is 1.39. The molecular formula is C13H19ClN4O2. The van der Waals surface area contributed by atoms with E-state index in [-0.39, 0.29) is 5.69 Å². The predicted molar refractivity (Wildman–Crippen MR) is 79.4 cm³/mol. The molecule has 1 aliphatic heterocycles. The summed E-state index contributed by atoms with van der Waals surface area (Å²) in [7, 11) is 1.97. The fourth-order valence-electron chi connectivity index (χ4n) is 2.54. The molecule has 0 atom stereocenters. The number of rotatable bonds is 5. The molecule has 110 valence electrons. The maximum Gasteiger partial charge on any atom is 0.289 e. The Kier molecular flexibility index (Phi) is 5.14. The molecule has 1 aromatic heterocycles. The predicted octanol–water partition coefficient (Wildman–Crippen LogP) is 2.47. The standard InChI is InChI=1S/C13H19ClN4O2/c1-15-5-2-10-3-6-17(7-4-10)13-12(14)8-11(9-16-13)18(19)20/h8-10,15H,2-7H2,1H3. The summed E-state index contributed by atoms with van der Waals surface area (Å²) in [6.45, 7) is 2.85. The van der Waals surface area contributed by atoms with Gasteiger partial charge in [-0.25, -0.2) is 4.98 Å². The van der Waals surface area contributed by atoms with E-state index in [1.165, 1.54) is 18.7 Å². The van der Waals surface area contributed by atoms with Crippen LogP contribution in [-0.4, -0.2) is 36.6 Å². The number of pyridine rings is 1. The lowest BCUT2D eigenvalue weighted by Gasteiger charge is -2.33. The van der Waals surface area contributed by atoms with E-state index < -0.39 is 4.92 Å². The van der Waals surface area contributed by atoms with Gasteiger partial charge in [0.05, 0.1) is 9.95 Å². The van der Waals surface area contributed by atoms with E-state index in [2.05, 4.69) is 15.2 Å². The van der Waals surface area contributed by atoms with Crippen molar-refractivity contribution in [3.05, 3.63) is 27.4 Å². The molecule has 1 aromatic rings. The van der Waals surface area contributed by atoms with Crippen LogP contribution in [0.15, 0.2) is 12.3 Å². The Labute approximate surface area is 123 Å². The van der Waals surface area contributed by atoms with E-state index in [4.69, 9.17) is 11.6 Å². The van der Waals surface area contributed by atoms with Gasteiger partial charge in [-0.3, -0.25) is 10.1 Å². The van der Waals surface area contributed by atoms with E-state index in [1.54, 1.807) is 0 Å². The lowest BCUT2D eigenvalue weighted by Crippen LogP contribution is -2.35. The first kappa shape index (κ1) is 15.0. The second kappa shape index (κ2) is 6.85. The monoisotopic (exact) mass is 298 g/mol. The van der Waals surface area contributed by atoms with Crippen LogP contribution in [0.3, 0.4) is 0 Å². The minimum atomic E-state index is -0.480. The average molecular weight is 299 g/mol. The summed E-state index contributed by atoms with van der Waals surface area (Å²) < 4.78 is 0. The molecule has 0 aliphatic carbocycles. The van der Waals surface area contributed by atoms with Crippen molar-refractivity contribution in [2.75, 3.05) is 31.6 Å². The Hall–Kier alpha value is -1.40. The van der Waals surface area contributed by atoms with E-state index in [9.17, 15) is 10.1 Å². The van der Waals surface area contributed by atoms with Crippen LogP contribution in [0.4, 0.5) is 11.5 Å². The fourth-order valence-corrected chi connectivity index (χ4v) is 2.82. The summed E-state index contributed by atoms with van der Waals surface area (Å²) >= 11 is 6.11. The highest BCUT2D eigenvalue weighted by Gasteiger charge is 2.22. The lowest BCUT2D eigenvalue weighted by atomic mass is 9.93. The molecule has 0 bridgehead atoms. The molecule has 0 spiro atoms. The zero-order valence-electron chi connectivity index (χ0n) is 11.5. The molecule has 0 saturated carbocycles. The van der Waals surface area contributed by atoms with Gasteiger partial charge < -0.3 is 10.2 Å². The van der Waals surface area contributed by atoms with Crippen LogP contribution in [0.25, 0.3) is 0 Å². The highest BCUT2D eigenvalue weighted by atomic mass is 35.5. The summed E-state index contributed by atoms with van der Waals surface area (Å²) in [5.41, 5.74) is -0.0670. The molecule has 0 unspecified atom stereocenters. The first-order valence-electron chi connectivity index (χ1n) is 6.81. The van der Waals surface area contributed by atoms with Crippen molar-refractivity contribution < 1.29 is 4.92 Å². The van der Waals surface area contributed by atoms with Gasteiger partial charge in [-0.1, -0.05) is 11.6 Å². The molecule has 1 saturated heterocycles. The molecule has 6 nitrogen and oxygen atoms in total. The topological polar surface area (TPSA) is 71.3 Å². The maximum atomic E-state index is 10.7. The third-order valence-corrected chi connectivity index (χ3v) is 4.01. The van der Waals surface area contributed by atoms with Gasteiger partial charge in [0.25, 0.3) is 5.69 Å². The molecule has 7 heteroatoms. The summed E-state index contributed by atoms with van der Waals surface area (Å²) in [5, 5.41) is 14.2. The van der Waals surface area contributed by atoms with Crippen LogP contribution in [-0.2, 0) is 0 Å². The zero-order chi connectivity index (χ0) is 14.5. The second-order valence-corrected chi connectivity index (χ2v) is 5.49. The number of halogens is 1. The largest absolute Gasteiger partial charge is 0.355 e. The van der Waals surface area contributed by atoms with Crippen molar-refractivity contribution in [1.29, 1.82) is 0 Å². The van der Waals surface area contributed by atoms with Crippen molar-refractivity contribution >= 4 is 23.1 Å². The zero-order valence-corrected chi connectivity index (χ0v) is 12.3. The minimum Gasteiger partial charge on any atom is -0.355 e. The molecule has 1 N–H and O–H groups in total. The molecule has 2 rings (SSSR count). The van der Waals surface area contributed by atoms with Crippen LogP contribution in [0.2, 0.25) is 5.02 Å². The number of hydrogen-bond donors (Lipinski definition) is 1. The molecule has 1 fully saturated rings. The number of piperidine rings is 1. The Balaban J connectivity index is 1.98. The molecule has 2 heterocycles. The molecule has 20 heavy (non-hydrogen) atoms. The minimum absolute atomic E-state index is 0.0670. The molecule has 1 aliphatic rings. The van der Waals surface area contributed by atoms with Gasteiger partial charge in [-0.15, -0.1) is 0 Å². The van der Waals surface area contributed by atoms with Gasteiger partial charge >= 0.3 is 0 Å². The molecule has 0 amide bonds. The van der Waals surface area contributed by atoms with Crippen molar-refractivity contribution in [1.82, 2.24) is 10.3 Å². The van der Waals surface area contributed by atoms with Gasteiger partial charge in [-0.2, -0.15) is 0 Å². The molecular weight excluding hydrogens is 280 g/mol. The van der Waals surface area contributed by atoms with Crippen LogP contribution in [0, 0.1) is 16.0 Å².